The molecule has 2 bridgehead atoms. The molecule has 2 aliphatic heterocycles. The minimum atomic E-state index is -0.548. The third kappa shape index (κ3) is 5.44. The first-order chi connectivity index (χ1) is 18.2. The molecular weight excluding hydrogens is 488 g/mol. The van der Waals surface area contributed by atoms with Gasteiger partial charge in [-0.25, -0.2) is 4.79 Å². The Morgan fingerprint density at radius 3 is 2.55 bits per heavy atom. The molecule has 2 aliphatic rings. The van der Waals surface area contributed by atoms with E-state index in [2.05, 4.69) is 15.3 Å². The van der Waals surface area contributed by atoms with Gasteiger partial charge in [0.05, 0.1) is 43.2 Å². The van der Waals surface area contributed by atoms with Gasteiger partial charge in [0.25, 0.3) is 0 Å². The van der Waals surface area contributed by atoms with E-state index in [0.29, 0.717) is 30.5 Å². The van der Waals surface area contributed by atoms with Crippen LogP contribution in [0.15, 0.2) is 42.7 Å². The first-order valence-corrected chi connectivity index (χ1v) is 12.7. The van der Waals surface area contributed by atoms with Crippen molar-refractivity contribution in [3.05, 3.63) is 42.7 Å². The highest BCUT2D eigenvalue weighted by atomic mass is 16.7. The van der Waals surface area contributed by atoms with Gasteiger partial charge in [0, 0.05) is 30.0 Å². The maximum absolute atomic E-state index is 12.9. The number of carbonyl (C=O) groups excluding carboxylic acids is 1. The Hall–Kier alpha value is -3.70. The molecule has 2 N–H and O–H groups in total. The zero-order chi connectivity index (χ0) is 26.9. The molecule has 1 aromatic carbocycles. The van der Waals surface area contributed by atoms with E-state index < -0.39 is 5.60 Å². The van der Waals surface area contributed by atoms with E-state index in [1.165, 1.54) is 0 Å². The summed E-state index contributed by atoms with van der Waals surface area (Å²) in [7, 11) is 1.57. The third-order valence-electron chi connectivity index (χ3n) is 6.70. The van der Waals surface area contributed by atoms with E-state index in [-0.39, 0.29) is 31.0 Å². The topological polar surface area (TPSA) is 127 Å². The van der Waals surface area contributed by atoms with Crippen LogP contribution in [0.4, 0.5) is 10.6 Å². The molecule has 202 valence electrons. The van der Waals surface area contributed by atoms with Crippen molar-refractivity contribution in [1.29, 1.82) is 0 Å². The fourth-order valence-electron chi connectivity index (χ4n) is 5.08. The fraction of sp³-hybridized carbons (Fsp3) is 0.481. The fourth-order valence-corrected chi connectivity index (χ4v) is 5.08. The van der Waals surface area contributed by atoms with Crippen LogP contribution in [-0.2, 0) is 14.2 Å². The summed E-state index contributed by atoms with van der Waals surface area (Å²) in [5.74, 6) is 0.953. The predicted molar refractivity (Wildman–Crippen MR) is 140 cm³/mol. The molecule has 0 spiro atoms. The molecule has 4 heterocycles. The molecule has 5 rings (SSSR count). The second-order valence-corrected chi connectivity index (χ2v) is 10.6. The van der Waals surface area contributed by atoms with Gasteiger partial charge < -0.3 is 24.7 Å². The van der Waals surface area contributed by atoms with Gasteiger partial charge in [-0.1, -0.05) is 12.1 Å². The molecular formula is C27H34N6O5. The van der Waals surface area contributed by atoms with Crippen molar-refractivity contribution in [2.24, 2.45) is 0 Å². The number of morpholine rings is 1. The number of nitrogens with two attached hydrogens (primary N) is 1. The summed E-state index contributed by atoms with van der Waals surface area (Å²) >= 11 is 0. The number of amides is 1. The number of anilines is 1. The van der Waals surface area contributed by atoms with Gasteiger partial charge in [0.1, 0.15) is 11.4 Å². The Morgan fingerprint density at radius 1 is 1.11 bits per heavy atom. The van der Waals surface area contributed by atoms with E-state index in [4.69, 9.17) is 24.7 Å². The van der Waals surface area contributed by atoms with Crippen LogP contribution in [0.2, 0.25) is 0 Å². The number of aromatic nitrogens is 4. The Labute approximate surface area is 221 Å². The van der Waals surface area contributed by atoms with Crippen LogP contribution in [0, 0.1) is 0 Å². The largest absolute Gasteiger partial charge is 0.467 e. The van der Waals surface area contributed by atoms with Gasteiger partial charge >= 0.3 is 6.09 Å². The number of rotatable bonds is 6. The van der Waals surface area contributed by atoms with E-state index >= 15 is 0 Å². The number of ether oxygens (including phenoxy) is 4. The van der Waals surface area contributed by atoms with Crippen LogP contribution in [0.5, 0.6) is 5.75 Å². The molecule has 2 atom stereocenters. The first-order valence-electron chi connectivity index (χ1n) is 12.7. The number of nitrogens with zero attached hydrogens (tertiary/aromatic N) is 5. The summed E-state index contributed by atoms with van der Waals surface area (Å²) in [6.45, 7) is 6.73. The van der Waals surface area contributed by atoms with Crippen molar-refractivity contribution in [3.8, 4) is 28.1 Å². The standard InChI is InChI=1S/C27H34N6O5/c1-27(2,3)38-26(34)33-19-9-18(10-20(33)15-36-14-19)32-13-17(12-29-32)22-11-23(30-31-25(22)28)21-7-5-6-8-24(21)37-16-35-4/h5-8,11-13,18-20H,9-10,14-16H2,1-4H3,(H2,28,31). The third-order valence-corrected chi connectivity index (χ3v) is 6.70. The highest BCUT2D eigenvalue weighted by Crippen LogP contribution is 2.37. The lowest BCUT2D eigenvalue weighted by atomic mass is 9.90. The van der Waals surface area contributed by atoms with Crippen molar-refractivity contribution >= 4 is 11.9 Å². The predicted octanol–water partition coefficient (Wildman–Crippen LogP) is 3.91. The molecule has 2 unspecified atom stereocenters. The normalized spacial score (nSPS) is 21.3. The number of hydrogen-bond donors (Lipinski definition) is 1. The lowest BCUT2D eigenvalue weighted by Crippen LogP contribution is -2.60. The minimum absolute atomic E-state index is 0.0714. The van der Waals surface area contributed by atoms with E-state index in [0.717, 1.165) is 29.5 Å². The zero-order valence-electron chi connectivity index (χ0n) is 22.2. The summed E-state index contributed by atoms with van der Waals surface area (Å²) in [6.07, 6.45) is 4.92. The number of nitrogen functional groups attached to an aromatic ring is 1. The number of para-hydroxylation sites is 1. The van der Waals surface area contributed by atoms with Crippen LogP contribution >= 0.6 is 0 Å². The van der Waals surface area contributed by atoms with Crippen molar-refractivity contribution in [3.63, 3.8) is 0 Å². The highest BCUT2D eigenvalue weighted by molar-refractivity contribution is 5.78. The minimum Gasteiger partial charge on any atom is -0.467 e. The number of hydrogen-bond acceptors (Lipinski definition) is 9. The number of methoxy groups -OCH3 is 1. The number of carbonyl (C=O) groups is 1. The van der Waals surface area contributed by atoms with E-state index in [1.54, 1.807) is 13.3 Å². The molecule has 0 radical (unpaired) electrons. The van der Waals surface area contributed by atoms with Crippen molar-refractivity contribution in [2.45, 2.75) is 57.3 Å². The smallest absolute Gasteiger partial charge is 0.410 e. The molecule has 0 saturated carbocycles. The summed E-state index contributed by atoms with van der Waals surface area (Å²) in [5, 5.41) is 13.2. The number of fused-ring (bicyclic) bond motifs is 2. The Kier molecular flexibility index (Phi) is 7.22. The summed E-state index contributed by atoms with van der Waals surface area (Å²) in [6, 6.07) is 9.43. The van der Waals surface area contributed by atoms with Crippen LogP contribution < -0.4 is 10.5 Å². The SMILES string of the molecule is COCOc1ccccc1-c1cc(-c2cnn(C3CC4COCC(C3)N4C(=O)OC(C)(C)C)c2)c(N)nn1. The maximum atomic E-state index is 12.9. The van der Waals surface area contributed by atoms with Crippen LogP contribution in [0.3, 0.4) is 0 Å². The van der Waals surface area contributed by atoms with Crippen LogP contribution in [0.1, 0.15) is 39.7 Å². The second kappa shape index (κ2) is 10.6. The summed E-state index contributed by atoms with van der Waals surface area (Å²) in [5.41, 5.74) is 8.69. The van der Waals surface area contributed by atoms with Crippen molar-refractivity contribution in [1.82, 2.24) is 24.9 Å². The molecule has 3 aromatic rings. The molecule has 2 fully saturated rings. The Morgan fingerprint density at radius 2 is 1.84 bits per heavy atom. The van der Waals surface area contributed by atoms with Crippen molar-refractivity contribution < 1.29 is 23.7 Å². The maximum Gasteiger partial charge on any atom is 0.410 e. The van der Waals surface area contributed by atoms with Gasteiger partial charge in [-0.2, -0.15) is 5.10 Å². The first kappa shape index (κ1) is 25.9. The molecule has 11 nitrogen and oxygen atoms in total. The molecule has 0 aliphatic carbocycles. The van der Waals surface area contributed by atoms with E-state index in [9.17, 15) is 4.79 Å². The zero-order valence-corrected chi connectivity index (χ0v) is 22.2. The van der Waals surface area contributed by atoms with Gasteiger partial charge in [0.15, 0.2) is 12.6 Å². The van der Waals surface area contributed by atoms with Gasteiger partial charge in [-0.3, -0.25) is 9.58 Å². The Balaban J connectivity index is 1.37. The average molecular weight is 523 g/mol. The van der Waals surface area contributed by atoms with Crippen molar-refractivity contribution in [2.75, 3.05) is 32.9 Å². The summed E-state index contributed by atoms with van der Waals surface area (Å²) < 4.78 is 24.2. The number of piperidine rings is 1. The quantitative estimate of drug-likeness (QED) is 0.479. The average Bonchev–Trinajstić information content (AvgIpc) is 3.36. The molecule has 1 amide bonds. The monoisotopic (exact) mass is 522 g/mol. The summed E-state index contributed by atoms with van der Waals surface area (Å²) in [4.78, 5) is 14.8. The van der Waals surface area contributed by atoms with Crippen LogP contribution in [0.25, 0.3) is 22.4 Å². The van der Waals surface area contributed by atoms with Gasteiger partial charge in [0.2, 0.25) is 0 Å². The molecule has 2 aromatic heterocycles. The van der Waals surface area contributed by atoms with Gasteiger partial charge in [-0.05, 0) is 51.8 Å². The molecule has 2 saturated heterocycles. The van der Waals surface area contributed by atoms with Crippen LogP contribution in [-0.4, -0.2) is 75.8 Å². The van der Waals surface area contributed by atoms with Gasteiger partial charge in [-0.15, -0.1) is 10.2 Å². The molecule has 11 heteroatoms. The second-order valence-electron chi connectivity index (χ2n) is 10.6. The Bertz CT molecular complexity index is 1270. The number of benzene rings is 1. The lowest BCUT2D eigenvalue weighted by molar-refractivity contribution is -0.0886. The highest BCUT2D eigenvalue weighted by Gasteiger charge is 2.44. The van der Waals surface area contributed by atoms with E-state index in [1.807, 2.05) is 66.9 Å². The lowest BCUT2D eigenvalue weighted by Gasteiger charge is -2.48. The molecule has 38 heavy (non-hydrogen) atoms.